The lowest BCUT2D eigenvalue weighted by Crippen LogP contribution is -2.44. The zero-order chi connectivity index (χ0) is 21.3. The van der Waals surface area contributed by atoms with Crippen LogP contribution < -0.4 is 15.0 Å². The molecule has 5 heteroatoms. The summed E-state index contributed by atoms with van der Waals surface area (Å²) in [6, 6.07) is 20.9. The molecule has 0 saturated carbocycles. The summed E-state index contributed by atoms with van der Waals surface area (Å²) in [5, 5.41) is 2.92. The van der Waals surface area contributed by atoms with Crippen molar-refractivity contribution >= 4 is 23.2 Å². The molecule has 2 amide bonds. The molecule has 5 nitrogen and oxygen atoms in total. The Morgan fingerprint density at radius 1 is 1.00 bits per heavy atom. The van der Waals surface area contributed by atoms with Crippen LogP contribution >= 0.6 is 0 Å². The van der Waals surface area contributed by atoms with Crippen LogP contribution in [0.25, 0.3) is 0 Å². The van der Waals surface area contributed by atoms with Gasteiger partial charge in [-0.05, 0) is 56.7 Å². The molecule has 0 radical (unpaired) electrons. The Bertz CT molecular complexity index is 1110. The number of hydrogen-bond donors (Lipinski definition) is 1. The van der Waals surface area contributed by atoms with Crippen LogP contribution in [0.3, 0.4) is 0 Å². The number of amides is 2. The maximum absolute atomic E-state index is 12.9. The largest absolute Gasteiger partial charge is 0.479 e. The second-order valence-corrected chi connectivity index (χ2v) is 7.68. The number of anilines is 2. The molecule has 1 aliphatic rings. The van der Waals surface area contributed by atoms with Crippen LogP contribution in [0.4, 0.5) is 11.4 Å². The van der Waals surface area contributed by atoms with Crippen molar-refractivity contribution in [2.24, 2.45) is 0 Å². The van der Waals surface area contributed by atoms with E-state index in [-0.39, 0.29) is 11.8 Å². The van der Waals surface area contributed by atoms with Gasteiger partial charge in [0.1, 0.15) is 5.75 Å². The van der Waals surface area contributed by atoms with Gasteiger partial charge >= 0.3 is 0 Å². The van der Waals surface area contributed by atoms with E-state index in [1.54, 1.807) is 36.1 Å². The van der Waals surface area contributed by atoms with Gasteiger partial charge in [-0.1, -0.05) is 47.5 Å². The molecule has 3 aromatic rings. The average Bonchev–Trinajstić information content (AvgIpc) is 2.73. The summed E-state index contributed by atoms with van der Waals surface area (Å²) in [5.74, 6) is 0.327. The van der Waals surface area contributed by atoms with Gasteiger partial charge in [-0.3, -0.25) is 9.59 Å². The molecule has 4 rings (SSSR count). The second-order valence-electron chi connectivity index (χ2n) is 7.68. The molecule has 3 aromatic carbocycles. The Kier molecular flexibility index (Phi) is 5.27. The van der Waals surface area contributed by atoms with Crippen LogP contribution in [-0.4, -0.2) is 17.9 Å². The molecule has 1 atom stereocenters. The predicted octanol–water partition coefficient (Wildman–Crippen LogP) is 4.87. The molecule has 1 heterocycles. The van der Waals surface area contributed by atoms with E-state index in [1.165, 1.54) is 5.56 Å². The second kappa shape index (κ2) is 8.03. The maximum atomic E-state index is 12.9. The maximum Gasteiger partial charge on any atom is 0.268 e. The molecule has 0 bridgehead atoms. The zero-order valence-electron chi connectivity index (χ0n) is 17.3. The number of nitrogens with zero attached hydrogens (tertiary/aromatic N) is 1. The highest BCUT2D eigenvalue weighted by Gasteiger charge is 2.31. The van der Waals surface area contributed by atoms with Crippen molar-refractivity contribution in [3.8, 4) is 5.75 Å². The molecule has 30 heavy (non-hydrogen) atoms. The van der Waals surface area contributed by atoms with E-state index < -0.39 is 6.10 Å². The highest BCUT2D eigenvalue weighted by atomic mass is 16.5. The number of aryl methyl sites for hydroxylation is 2. The number of benzene rings is 3. The van der Waals surface area contributed by atoms with Crippen LogP contribution in [0, 0.1) is 13.8 Å². The monoisotopic (exact) mass is 400 g/mol. The van der Waals surface area contributed by atoms with E-state index in [9.17, 15) is 9.59 Å². The normalized spacial score (nSPS) is 15.4. The summed E-state index contributed by atoms with van der Waals surface area (Å²) in [6.07, 6.45) is -0.560. The van der Waals surface area contributed by atoms with Gasteiger partial charge in [0, 0.05) is 11.3 Å². The van der Waals surface area contributed by atoms with Crippen LogP contribution in [0.15, 0.2) is 66.7 Å². The minimum Gasteiger partial charge on any atom is -0.479 e. The average molecular weight is 400 g/mol. The molecule has 1 unspecified atom stereocenters. The summed E-state index contributed by atoms with van der Waals surface area (Å²) in [6.45, 7) is 6.17. The zero-order valence-corrected chi connectivity index (χ0v) is 17.3. The van der Waals surface area contributed by atoms with E-state index >= 15 is 0 Å². The molecular weight excluding hydrogens is 376 g/mol. The molecule has 1 aliphatic heterocycles. The molecule has 0 aromatic heterocycles. The van der Waals surface area contributed by atoms with Crippen LogP contribution in [-0.2, 0) is 11.3 Å². The molecule has 152 valence electrons. The summed E-state index contributed by atoms with van der Waals surface area (Å²) in [4.78, 5) is 27.2. The standard InChI is InChI=1S/C25H24N2O3/c1-16-7-9-19(10-8-16)15-27-22-14-21(11-12-23(22)30-18(3)25(27)29)26-24(28)20-6-4-5-17(2)13-20/h4-14,18H,15H2,1-3H3,(H,26,28). The summed E-state index contributed by atoms with van der Waals surface area (Å²) in [5.41, 5.74) is 5.07. The van der Waals surface area contributed by atoms with Crippen LogP contribution in [0.2, 0.25) is 0 Å². The van der Waals surface area contributed by atoms with Crippen molar-refractivity contribution in [3.05, 3.63) is 89.0 Å². The van der Waals surface area contributed by atoms with Gasteiger partial charge in [0.05, 0.1) is 12.2 Å². The predicted molar refractivity (Wildman–Crippen MR) is 118 cm³/mol. The topological polar surface area (TPSA) is 58.6 Å². The first-order valence-electron chi connectivity index (χ1n) is 9.96. The number of carbonyl (C=O) groups excluding carboxylic acids is 2. The third-order valence-electron chi connectivity index (χ3n) is 5.17. The minimum absolute atomic E-state index is 0.106. The summed E-state index contributed by atoms with van der Waals surface area (Å²) < 4.78 is 5.79. The lowest BCUT2D eigenvalue weighted by atomic mass is 10.1. The van der Waals surface area contributed by atoms with Gasteiger partial charge in [0.25, 0.3) is 11.8 Å². The number of ether oxygens (including phenoxy) is 1. The number of nitrogens with one attached hydrogen (secondary N) is 1. The van der Waals surface area contributed by atoms with Gasteiger partial charge in [0.2, 0.25) is 0 Å². The van der Waals surface area contributed by atoms with E-state index in [0.717, 1.165) is 11.1 Å². The smallest absolute Gasteiger partial charge is 0.268 e. The fourth-order valence-corrected chi connectivity index (χ4v) is 3.51. The fraction of sp³-hybridized carbons (Fsp3) is 0.200. The van der Waals surface area contributed by atoms with Gasteiger partial charge < -0.3 is 15.0 Å². The quantitative estimate of drug-likeness (QED) is 0.680. The highest BCUT2D eigenvalue weighted by Crippen LogP contribution is 2.37. The third kappa shape index (κ3) is 4.06. The van der Waals surface area contributed by atoms with Gasteiger partial charge in [-0.15, -0.1) is 0 Å². The lowest BCUT2D eigenvalue weighted by Gasteiger charge is -2.33. The van der Waals surface area contributed by atoms with Crippen molar-refractivity contribution in [2.75, 3.05) is 10.2 Å². The van der Waals surface area contributed by atoms with Crippen molar-refractivity contribution in [1.29, 1.82) is 0 Å². The van der Waals surface area contributed by atoms with Crippen LogP contribution in [0.1, 0.15) is 34.0 Å². The molecule has 0 saturated heterocycles. The first kappa shape index (κ1) is 19.7. The summed E-state index contributed by atoms with van der Waals surface area (Å²) >= 11 is 0. The highest BCUT2D eigenvalue weighted by molar-refractivity contribution is 6.05. The van der Waals surface area contributed by atoms with Crippen molar-refractivity contribution in [3.63, 3.8) is 0 Å². The van der Waals surface area contributed by atoms with Crippen molar-refractivity contribution < 1.29 is 14.3 Å². The van der Waals surface area contributed by atoms with Gasteiger partial charge in [0.15, 0.2) is 6.10 Å². The molecule has 1 N–H and O–H groups in total. The van der Waals surface area contributed by atoms with Gasteiger partial charge in [-0.2, -0.15) is 0 Å². The number of rotatable bonds is 4. The Morgan fingerprint density at radius 2 is 1.77 bits per heavy atom. The molecular formula is C25H24N2O3. The Labute approximate surface area is 176 Å². The van der Waals surface area contributed by atoms with Crippen molar-refractivity contribution in [1.82, 2.24) is 0 Å². The minimum atomic E-state index is -0.560. The van der Waals surface area contributed by atoms with Crippen LogP contribution in [0.5, 0.6) is 5.75 Å². The van der Waals surface area contributed by atoms with E-state index in [4.69, 9.17) is 4.74 Å². The van der Waals surface area contributed by atoms with Crippen molar-refractivity contribution in [2.45, 2.75) is 33.4 Å². The molecule has 0 fully saturated rings. The molecule has 0 aliphatic carbocycles. The van der Waals surface area contributed by atoms with E-state index in [2.05, 4.69) is 5.32 Å². The molecule has 0 spiro atoms. The van der Waals surface area contributed by atoms with Gasteiger partial charge in [-0.25, -0.2) is 0 Å². The van der Waals surface area contributed by atoms with E-state index in [1.807, 2.05) is 56.3 Å². The Hall–Kier alpha value is -3.60. The third-order valence-corrected chi connectivity index (χ3v) is 5.17. The lowest BCUT2D eigenvalue weighted by molar-refractivity contribution is -0.125. The van der Waals surface area contributed by atoms with E-state index in [0.29, 0.717) is 29.2 Å². The fourth-order valence-electron chi connectivity index (χ4n) is 3.51. The SMILES string of the molecule is Cc1ccc(CN2C(=O)C(C)Oc3ccc(NC(=O)c4cccc(C)c4)cc32)cc1. The number of carbonyl (C=O) groups is 2. The summed E-state index contributed by atoms with van der Waals surface area (Å²) in [7, 11) is 0. The number of hydrogen-bond acceptors (Lipinski definition) is 3. The Balaban J connectivity index is 1.63. The number of fused-ring (bicyclic) bond motifs is 1. The first-order valence-corrected chi connectivity index (χ1v) is 9.96. The Morgan fingerprint density at radius 3 is 2.50 bits per heavy atom. The first-order chi connectivity index (χ1) is 14.4.